The summed E-state index contributed by atoms with van der Waals surface area (Å²) in [5.41, 5.74) is 3.01. The van der Waals surface area contributed by atoms with Gasteiger partial charge in [0.2, 0.25) is 0 Å². The molecule has 1 aliphatic carbocycles. The van der Waals surface area contributed by atoms with Gasteiger partial charge in [-0.15, -0.1) is 0 Å². The minimum absolute atomic E-state index is 0.156. The van der Waals surface area contributed by atoms with Gasteiger partial charge in [0, 0.05) is 16.0 Å². The highest BCUT2D eigenvalue weighted by molar-refractivity contribution is 5.80. The summed E-state index contributed by atoms with van der Waals surface area (Å²) in [6, 6.07) is 18.7. The van der Waals surface area contributed by atoms with Gasteiger partial charge in [-0.05, 0) is 24.6 Å². The molecule has 0 N–H and O–H groups in total. The summed E-state index contributed by atoms with van der Waals surface area (Å²) < 4.78 is 6.06. The van der Waals surface area contributed by atoms with Crippen molar-refractivity contribution in [2.75, 3.05) is 0 Å². The number of hydrogen-bond acceptors (Lipinski definition) is 1. The van der Waals surface area contributed by atoms with Crippen LogP contribution in [0.1, 0.15) is 26.3 Å². The van der Waals surface area contributed by atoms with Crippen LogP contribution in [0, 0.1) is 0 Å². The van der Waals surface area contributed by atoms with Gasteiger partial charge in [0.05, 0.1) is 0 Å². The number of furan rings is 1. The van der Waals surface area contributed by atoms with Gasteiger partial charge in [0.1, 0.15) is 11.0 Å². The van der Waals surface area contributed by atoms with Crippen LogP contribution in [-0.2, 0) is 5.41 Å². The zero-order valence-corrected chi connectivity index (χ0v) is 13.9. The van der Waals surface area contributed by atoms with Crippen LogP contribution >= 0.6 is 0 Å². The Morgan fingerprint density at radius 3 is 2.35 bits per heavy atom. The molecule has 0 fully saturated rings. The van der Waals surface area contributed by atoms with E-state index in [0.29, 0.717) is 0 Å². The lowest BCUT2D eigenvalue weighted by molar-refractivity contribution is 0.568. The van der Waals surface area contributed by atoms with Crippen molar-refractivity contribution >= 4 is 23.1 Å². The summed E-state index contributed by atoms with van der Waals surface area (Å²) in [6.45, 7) is 6.22. The van der Waals surface area contributed by atoms with E-state index in [9.17, 15) is 0 Å². The van der Waals surface area contributed by atoms with Gasteiger partial charge in [0.15, 0.2) is 0 Å². The van der Waals surface area contributed by atoms with E-state index in [1.54, 1.807) is 0 Å². The molecule has 0 spiro atoms. The van der Waals surface area contributed by atoms with Crippen LogP contribution in [0.5, 0.6) is 0 Å². The van der Waals surface area contributed by atoms with E-state index >= 15 is 0 Å². The summed E-state index contributed by atoms with van der Waals surface area (Å²) in [6.07, 6.45) is 8.73. The molecule has 1 aromatic heterocycles. The summed E-state index contributed by atoms with van der Waals surface area (Å²) in [4.78, 5) is 0. The smallest absolute Gasteiger partial charge is 0.135 e. The molecule has 1 atom stereocenters. The molecule has 1 unspecified atom stereocenters. The van der Waals surface area contributed by atoms with Crippen LogP contribution in [-0.4, -0.2) is 0 Å². The van der Waals surface area contributed by atoms with E-state index in [1.165, 1.54) is 16.2 Å². The fraction of sp³-hybridized carbons (Fsp3) is 0.182. The quantitative estimate of drug-likeness (QED) is 0.643. The van der Waals surface area contributed by atoms with Gasteiger partial charge in [-0.1, -0.05) is 80.6 Å². The molecule has 0 saturated carbocycles. The molecule has 1 heteroatoms. The standard InChI is InChI=1S/C20H16O.C2H6/c1-20(15-8-3-2-4-9-15)13-7-11-17-16-10-5-6-12-18(16)21-19(17)14-20;1-2/h2-14H,1H3;1-2H3. The molecule has 23 heavy (non-hydrogen) atoms. The van der Waals surface area contributed by atoms with Crippen LogP contribution < -0.4 is 10.6 Å². The minimum Gasteiger partial charge on any atom is -0.456 e. The molecule has 1 aliphatic rings. The zero-order valence-electron chi connectivity index (χ0n) is 13.9. The van der Waals surface area contributed by atoms with Crippen molar-refractivity contribution in [3.63, 3.8) is 0 Å². The first-order chi connectivity index (χ1) is 11.3. The van der Waals surface area contributed by atoms with E-state index in [-0.39, 0.29) is 5.41 Å². The van der Waals surface area contributed by atoms with Crippen molar-refractivity contribution in [1.29, 1.82) is 0 Å². The summed E-state index contributed by atoms with van der Waals surface area (Å²) in [5.74, 6) is 0. The molecule has 0 aliphatic heterocycles. The van der Waals surface area contributed by atoms with E-state index < -0.39 is 0 Å². The van der Waals surface area contributed by atoms with E-state index in [0.717, 1.165) is 11.0 Å². The molecule has 3 aromatic rings. The maximum atomic E-state index is 6.06. The zero-order chi connectivity index (χ0) is 16.3. The fourth-order valence-corrected chi connectivity index (χ4v) is 3.00. The van der Waals surface area contributed by atoms with Crippen molar-refractivity contribution in [3.05, 3.63) is 82.9 Å². The third-order valence-electron chi connectivity index (χ3n) is 4.19. The largest absolute Gasteiger partial charge is 0.456 e. The third kappa shape index (κ3) is 2.75. The van der Waals surface area contributed by atoms with Gasteiger partial charge >= 0.3 is 0 Å². The van der Waals surface area contributed by atoms with Gasteiger partial charge in [-0.3, -0.25) is 0 Å². The average Bonchev–Trinajstić information content (AvgIpc) is 2.85. The van der Waals surface area contributed by atoms with Crippen LogP contribution in [0.3, 0.4) is 0 Å². The van der Waals surface area contributed by atoms with Gasteiger partial charge < -0.3 is 4.42 Å². The van der Waals surface area contributed by atoms with Crippen molar-refractivity contribution in [3.8, 4) is 0 Å². The number of rotatable bonds is 1. The Morgan fingerprint density at radius 2 is 1.57 bits per heavy atom. The lowest BCUT2D eigenvalue weighted by Gasteiger charge is -2.21. The fourth-order valence-electron chi connectivity index (χ4n) is 3.00. The summed E-state index contributed by atoms with van der Waals surface area (Å²) >= 11 is 0. The van der Waals surface area contributed by atoms with Crippen LogP contribution in [0.15, 0.2) is 71.2 Å². The second-order valence-corrected chi connectivity index (χ2v) is 5.69. The first-order valence-corrected chi connectivity index (χ1v) is 8.22. The van der Waals surface area contributed by atoms with Crippen molar-refractivity contribution in [1.82, 2.24) is 0 Å². The lowest BCUT2D eigenvalue weighted by atomic mass is 9.82. The first-order valence-electron chi connectivity index (χ1n) is 8.22. The van der Waals surface area contributed by atoms with Gasteiger partial charge in [-0.2, -0.15) is 0 Å². The summed E-state index contributed by atoms with van der Waals surface area (Å²) in [5, 5.41) is 2.34. The Labute approximate surface area is 137 Å². The van der Waals surface area contributed by atoms with Crippen molar-refractivity contribution in [2.45, 2.75) is 26.2 Å². The monoisotopic (exact) mass is 302 g/mol. The molecule has 1 nitrogen and oxygen atoms in total. The van der Waals surface area contributed by atoms with Gasteiger partial charge in [-0.25, -0.2) is 0 Å². The molecule has 0 amide bonds. The Balaban J connectivity index is 0.000000753. The van der Waals surface area contributed by atoms with E-state index in [4.69, 9.17) is 4.42 Å². The highest BCUT2D eigenvalue weighted by Gasteiger charge is 2.22. The molecular formula is C22H22O. The Morgan fingerprint density at radius 1 is 0.870 bits per heavy atom. The number of hydrogen-bond donors (Lipinski definition) is 0. The van der Waals surface area contributed by atoms with Crippen LogP contribution in [0.25, 0.3) is 23.1 Å². The number of fused-ring (bicyclic) bond motifs is 3. The normalized spacial score (nSPS) is 18.9. The maximum Gasteiger partial charge on any atom is 0.135 e. The van der Waals surface area contributed by atoms with E-state index in [2.05, 4.69) is 67.6 Å². The molecular weight excluding hydrogens is 280 g/mol. The molecule has 4 rings (SSSR count). The Hall–Kier alpha value is -2.54. The summed E-state index contributed by atoms with van der Waals surface area (Å²) in [7, 11) is 0. The highest BCUT2D eigenvalue weighted by Crippen LogP contribution is 2.28. The number of para-hydroxylation sites is 1. The van der Waals surface area contributed by atoms with Crippen LogP contribution in [0.2, 0.25) is 0 Å². The molecule has 116 valence electrons. The van der Waals surface area contributed by atoms with Crippen molar-refractivity contribution < 1.29 is 4.42 Å². The lowest BCUT2D eigenvalue weighted by Crippen LogP contribution is -2.25. The Bertz CT molecular complexity index is 945. The highest BCUT2D eigenvalue weighted by atomic mass is 16.3. The third-order valence-corrected chi connectivity index (χ3v) is 4.19. The minimum atomic E-state index is -0.156. The molecule has 2 aromatic carbocycles. The van der Waals surface area contributed by atoms with Crippen LogP contribution in [0.4, 0.5) is 0 Å². The predicted molar refractivity (Wildman–Crippen MR) is 98.7 cm³/mol. The maximum absolute atomic E-state index is 6.06. The number of allylic oxidation sites excluding steroid dienone is 2. The molecule has 0 saturated heterocycles. The predicted octanol–water partition coefficient (Wildman–Crippen LogP) is 4.55. The average molecular weight is 302 g/mol. The second kappa shape index (κ2) is 6.29. The SMILES string of the molecule is CC.CC1(c2ccccc2)C=CC=c2c(oc3ccccc23)=C1. The topological polar surface area (TPSA) is 13.1 Å². The molecule has 0 radical (unpaired) electrons. The van der Waals surface area contributed by atoms with Crippen molar-refractivity contribution in [2.24, 2.45) is 0 Å². The second-order valence-electron chi connectivity index (χ2n) is 5.69. The van der Waals surface area contributed by atoms with Gasteiger partial charge in [0.25, 0.3) is 0 Å². The molecule has 1 heterocycles. The number of benzene rings is 2. The Kier molecular flexibility index (Phi) is 4.20. The van der Waals surface area contributed by atoms with E-state index in [1.807, 2.05) is 32.0 Å². The molecule has 0 bridgehead atoms. The first kappa shape index (κ1) is 15.4.